The lowest BCUT2D eigenvalue weighted by Gasteiger charge is -2.09. The predicted octanol–water partition coefficient (Wildman–Crippen LogP) is 2.87. The van der Waals surface area contributed by atoms with E-state index in [4.69, 9.17) is 0 Å². The molecule has 0 aliphatic carbocycles. The summed E-state index contributed by atoms with van der Waals surface area (Å²) >= 11 is 0. The molecular weight excluding hydrogens is 292 g/mol. The van der Waals surface area contributed by atoms with Gasteiger partial charge in [-0.3, -0.25) is 9.59 Å². The molecule has 6 nitrogen and oxygen atoms in total. The highest BCUT2D eigenvalue weighted by Gasteiger charge is 2.10. The van der Waals surface area contributed by atoms with Gasteiger partial charge in [0.25, 0.3) is 5.91 Å². The van der Waals surface area contributed by atoms with Gasteiger partial charge in [0.2, 0.25) is 5.95 Å². The molecule has 23 heavy (non-hydrogen) atoms. The van der Waals surface area contributed by atoms with Crippen molar-refractivity contribution in [2.75, 3.05) is 11.9 Å². The van der Waals surface area contributed by atoms with Crippen LogP contribution in [0.2, 0.25) is 0 Å². The van der Waals surface area contributed by atoms with E-state index in [9.17, 15) is 9.59 Å². The lowest BCUT2D eigenvalue weighted by Crippen LogP contribution is -2.25. The highest BCUT2D eigenvalue weighted by Crippen LogP contribution is 2.16. The molecule has 0 atom stereocenters. The summed E-state index contributed by atoms with van der Waals surface area (Å²) in [6, 6.07) is 8.71. The van der Waals surface area contributed by atoms with Crippen LogP contribution < -0.4 is 10.6 Å². The molecule has 1 aromatic carbocycles. The molecule has 0 saturated carbocycles. The highest BCUT2D eigenvalue weighted by atomic mass is 16.1. The average molecular weight is 312 g/mol. The van der Waals surface area contributed by atoms with E-state index in [0.29, 0.717) is 35.1 Å². The number of aromatic nitrogens is 2. The number of hydrogen-bond donors (Lipinski definition) is 2. The van der Waals surface area contributed by atoms with Crippen molar-refractivity contribution in [1.29, 1.82) is 0 Å². The van der Waals surface area contributed by atoms with E-state index < -0.39 is 0 Å². The van der Waals surface area contributed by atoms with Gasteiger partial charge in [-0.25, -0.2) is 9.97 Å². The minimum Gasteiger partial charge on any atom is -0.351 e. The zero-order chi connectivity index (χ0) is 16.8. The molecule has 1 amide bonds. The Balaban J connectivity index is 2.23. The van der Waals surface area contributed by atoms with Crippen LogP contribution in [0, 0.1) is 6.92 Å². The average Bonchev–Trinajstić information content (AvgIpc) is 2.52. The molecule has 1 heterocycles. The van der Waals surface area contributed by atoms with Crippen LogP contribution in [0.5, 0.6) is 0 Å². The van der Waals surface area contributed by atoms with Gasteiger partial charge in [-0.1, -0.05) is 19.1 Å². The lowest BCUT2D eigenvalue weighted by atomic mass is 10.1. The van der Waals surface area contributed by atoms with Gasteiger partial charge in [-0.15, -0.1) is 0 Å². The van der Waals surface area contributed by atoms with Crippen LogP contribution in [0.4, 0.5) is 11.6 Å². The van der Waals surface area contributed by atoms with Gasteiger partial charge < -0.3 is 10.6 Å². The van der Waals surface area contributed by atoms with Gasteiger partial charge in [-0.2, -0.15) is 0 Å². The number of aryl methyl sites for hydroxylation is 1. The molecule has 120 valence electrons. The number of Topliss-reactive ketones (excluding diaryl/α,β-unsaturated/α-hetero) is 1. The standard InChI is InChI=1S/C17H20N4O2/c1-4-8-18-16(23)15-9-11(2)19-17(21-15)20-14-7-5-6-13(10-14)12(3)22/h5-7,9-10H,4,8H2,1-3H3,(H,18,23)(H,19,20,21). The first-order valence-corrected chi connectivity index (χ1v) is 7.51. The Morgan fingerprint density at radius 3 is 2.65 bits per heavy atom. The van der Waals surface area contributed by atoms with Crippen LogP contribution in [-0.4, -0.2) is 28.2 Å². The molecule has 0 aliphatic rings. The number of amides is 1. The van der Waals surface area contributed by atoms with Crippen molar-refractivity contribution in [2.45, 2.75) is 27.2 Å². The summed E-state index contributed by atoms with van der Waals surface area (Å²) < 4.78 is 0. The highest BCUT2D eigenvalue weighted by molar-refractivity contribution is 5.95. The fourth-order valence-electron chi connectivity index (χ4n) is 2.01. The number of nitrogens with one attached hydrogen (secondary N) is 2. The molecule has 0 radical (unpaired) electrons. The molecule has 0 bridgehead atoms. The van der Waals surface area contributed by atoms with E-state index >= 15 is 0 Å². The SMILES string of the molecule is CCCNC(=O)c1cc(C)nc(Nc2cccc(C(C)=O)c2)n1. The number of carbonyl (C=O) groups is 2. The molecule has 6 heteroatoms. The fraction of sp³-hybridized carbons (Fsp3) is 0.294. The first kappa shape index (κ1) is 16.6. The molecule has 0 unspecified atom stereocenters. The Morgan fingerprint density at radius 2 is 1.96 bits per heavy atom. The molecule has 0 aliphatic heterocycles. The van der Waals surface area contributed by atoms with Crippen molar-refractivity contribution in [3.05, 3.63) is 47.3 Å². The molecule has 2 aromatic rings. The molecule has 2 N–H and O–H groups in total. The van der Waals surface area contributed by atoms with Crippen LogP contribution >= 0.6 is 0 Å². The normalized spacial score (nSPS) is 10.2. The summed E-state index contributed by atoms with van der Waals surface area (Å²) in [6.07, 6.45) is 0.860. The zero-order valence-corrected chi connectivity index (χ0v) is 13.5. The second-order valence-corrected chi connectivity index (χ2v) is 5.24. The molecular formula is C17H20N4O2. The van der Waals surface area contributed by atoms with Crippen molar-refractivity contribution in [1.82, 2.24) is 15.3 Å². The van der Waals surface area contributed by atoms with Crippen molar-refractivity contribution in [2.24, 2.45) is 0 Å². The van der Waals surface area contributed by atoms with Gasteiger partial charge in [0.1, 0.15) is 5.69 Å². The first-order valence-electron chi connectivity index (χ1n) is 7.51. The lowest BCUT2D eigenvalue weighted by molar-refractivity contribution is 0.0947. The fourth-order valence-corrected chi connectivity index (χ4v) is 2.01. The predicted molar refractivity (Wildman–Crippen MR) is 89.1 cm³/mol. The molecule has 1 aromatic heterocycles. The summed E-state index contributed by atoms with van der Waals surface area (Å²) in [5.41, 5.74) is 2.30. The molecule has 0 fully saturated rings. The largest absolute Gasteiger partial charge is 0.351 e. The van der Waals surface area contributed by atoms with Crippen molar-refractivity contribution in [3.63, 3.8) is 0 Å². The van der Waals surface area contributed by atoms with Gasteiger partial charge in [-0.05, 0) is 38.5 Å². The number of hydrogen-bond acceptors (Lipinski definition) is 5. The summed E-state index contributed by atoms with van der Waals surface area (Å²) in [6.45, 7) is 5.90. The van der Waals surface area contributed by atoms with Gasteiger partial charge in [0, 0.05) is 23.5 Å². The number of carbonyl (C=O) groups excluding carboxylic acids is 2. The Hall–Kier alpha value is -2.76. The smallest absolute Gasteiger partial charge is 0.270 e. The molecule has 0 spiro atoms. The van der Waals surface area contributed by atoms with Crippen molar-refractivity contribution < 1.29 is 9.59 Å². The zero-order valence-electron chi connectivity index (χ0n) is 13.5. The van der Waals surface area contributed by atoms with E-state index in [1.807, 2.05) is 13.0 Å². The maximum absolute atomic E-state index is 12.0. The van der Waals surface area contributed by atoms with E-state index in [2.05, 4.69) is 20.6 Å². The van der Waals surface area contributed by atoms with Gasteiger partial charge in [0.15, 0.2) is 5.78 Å². The second kappa shape index (κ2) is 7.49. The van der Waals surface area contributed by atoms with E-state index in [1.54, 1.807) is 31.2 Å². The Morgan fingerprint density at radius 1 is 1.17 bits per heavy atom. The van der Waals surface area contributed by atoms with Crippen LogP contribution in [0.3, 0.4) is 0 Å². The quantitative estimate of drug-likeness (QED) is 0.801. The maximum atomic E-state index is 12.0. The Kier molecular flexibility index (Phi) is 5.41. The third-order valence-corrected chi connectivity index (χ3v) is 3.15. The summed E-state index contributed by atoms with van der Waals surface area (Å²) in [7, 11) is 0. The van der Waals surface area contributed by atoms with E-state index in [0.717, 1.165) is 6.42 Å². The second-order valence-electron chi connectivity index (χ2n) is 5.24. The minimum absolute atomic E-state index is 0.0153. The third kappa shape index (κ3) is 4.60. The summed E-state index contributed by atoms with van der Waals surface area (Å²) in [5, 5.41) is 5.83. The number of ketones is 1. The van der Waals surface area contributed by atoms with Crippen molar-refractivity contribution in [3.8, 4) is 0 Å². The van der Waals surface area contributed by atoms with E-state index in [-0.39, 0.29) is 11.7 Å². The topological polar surface area (TPSA) is 84.0 Å². The Bertz CT molecular complexity index is 728. The summed E-state index contributed by atoms with van der Waals surface area (Å²) in [4.78, 5) is 32.0. The maximum Gasteiger partial charge on any atom is 0.270 e. The first-order chi connectivity index (χ1) is 11.0. The van der Waals surface area contributed by atoms with Gasteiger partial charge >= 0.3 is 0 Å². The molecule has 0 saturated heterocycles. The van der Waals surface area contributed by atoms with Crippen LogP contribution in [0.1, 0.15) is 46.8 Å². The van der Waals surface area contributed by atoms with E-state index in [1.165, 1.54) is 6.92 Å². The number of nitrogens with zero attached hydrogens (tertiary/aromatic N) is 2. The summed E-state index contributed by atoms with van der Waals surface area (Å²) in [5.74, 6) is 0.0867. The van der Waals surface area contributed by atoms with Crippen LogP contribution in [-0.2, 0) is 0 Å². The number of rotatable bonds is 6. The van der Waals surface area contributed by atoms with Gasteiger partial charge in [0.05, 0.1) is 0 Å². The monoisotopic (exact) mass is 312 g/mol. The molecule has 2 rings (SSSR count). The number of benzene rings is 1. The minimum atomic E-state index is -0.224. The van der Waals surface area contributed by atoms with Crippen molar-refractivity contribution >= 4 is 23.3 Å². The third-order valence-electron chi connectivity index (χ3n) is 3.15. The van der Waals surface area contributed by atoms with Crippen LogP contribution in [0.25, 0.3) is 0 Å². The number of anilines is 2. The Labute approximate surface area is 135 Å². The van der Waals surface area contributed by atoms with Crippen LogP contribution in [0.15, 0.2) is 30.3 Å².